The molecule has 1 heterocycles. The number of amides is 1. The van der Waals surface area contributed by atoms with Gasteiger partial charge in [0.1, 0.15) is 0 Å². The summed E-state index contributed by atoms with van der Waals surface area (Å²) in [6, 6.07) is 0. The van der Waals surface area contributed by atoms with Gasteiger partial charge >= 0.3 is 0 Å². The van der Waals surface area contributed by atoms with E-state index in [1.165, 1.54) is 51.4 Å². The van der Waals surface area contributed by atoms with Crippen molar-refractivity contribution in [3.05, 3.63) is 0 Å². The third kappa shape index (κ3) is 8.25. The van der Waals surface area contributed by atoms with Gasteiger partial charge < -0.3 is 9.64 Å². The molecule has 1 rings (SSSR count). The highest BCUT2D eigenvalue weighted by Gasteiger charge is 2.15. The van der Waals surface area contributed by atoms with Crippen LogP contribution in [0.4, 0.5) is 0 Å². The van der Waals surface area contributed by atoms with E-state index in [0.29, 0.717) is 13.0 Å². The molecule has 0 bridgehead atoms. The lowest BCUT2D eigenvalue weighted by Gasteiger charge is -2.26. The van der Waals surface area contributed by atoms with E-state index in [1.54, 1.807) is 0 Å². The monoisotopic (exact) mass is 269 g/mol. The van der Waals surface area contributed by atoms with Crippen molar-refractivity contribution in [2.45, 2.75) is 71.1 Å². The Morgan fingerprint density at radius 3 is 2.37 bits per heavy atom. The normalized spacial score (nSPS) is 15.7. The number of likely N-dealkylation sites (tertiary alicyclic amines) is 1. The zero-order chi connectivity index (χ0) is 13.8. The minimum absolute atomic E-state index is 0.280. The van der Waals surface area contributed by atoms with Gasteiger partial charge in [-0.15, -0.1) is 0 Å². The summed E-state index contributed by atoms with van der Waals surface area (Å²) in [5.74, 6) is 0.280. The molecule has 0 N–H and O–H groups in total. The molecule has 3 heteroatoms. The Hall–Kier alpha value is -0.570. The molecule has 0 radical (unpaired) electrons. The Kier molecular flexibility index (Phi) is 9.78. The predicted molar refractivity (Wildman–Crippen MR) is 79.2 cm³/mol. The highest BCUT2D eigenvalue weighted by Crippen LogP contribution is 2.10. The highest BCUT2D eigenvalue weighted by molar-refractivity contribution is 5.76. The van der Waals surface area contributed by atoms with E-state index in [1.807, 2.05) is 4.90 Å². The van der Waals surface area contributed by atoms with Crippen molar-refractivity contribution in [3.8, 4) is 0 Å². The maximum absolute atomic E-state index is 11.9. The van der Waals surface area contributed by atoms with Gasteiger partial charge in [0, 0.05) is 19.7 Å². The second-order valence-electron chi connectivity index (χ2n) is 5.57. The number of carbonyl (C=O) groups is 1. The predicted octanol–water partition coefficient (Wildman–Crippen LogP) is 3.77. The lowest BCUT2D eigenvalue weighted by atomic mass is 10.1. The molecule has 0 aromatic rings. The number of rotatable bonds is 10. The Morgan fingerprint density at radius 2 is 1.63 bits per heavy atom. The van der Waals surface area contributed by atoms with Gasteiger partial charge in [-0.1, -0.05) is 39.0 Å². The summed E-state index contributed by atoms with van der Waals surface area (Å²) >= 11 is 0. The first-order chi connectivity index (χ1) is 9.34. The van der Waals surface area contributed by atoms with Gasteiger partial charge in [0.05, 0.1) is 13.0 Å². The molecule has 1 fully saturated rings. The molecule has 0 saturated carbocycles. The van der Waals surface area contributed by atoms with E-state index < -0.39 is 0 Å². The molecule has 1 aliphatic rings. The molecule has 0 aliphatic carbocycles. The standard InChI is InChI=1S/C16H31NO2/c1-2-3-4-5-6-10-14-19-15-11-16(18)17-12-8-7-9-13-17/h2-15H2,1H3. The number of ether oxygens (including phenoxy) is 1. The number of hydrogen-bond acceptors (Lipinski definition) is 2. The number of carbonyl (C=O) groups excluding carboxylic acids is 1. The van der Waals surface area contributed by atoms with E-state index in [9.17, 15) is 4.79 Å². The van der Waals surface area contributed by atoms with Gasteiger partial charge in [-0.2, -0.15) is 0 Å². The maximum atomic E-state index is 11.9. The SMILES string of the molecule is CCCCCCCCOCCC(=O)N1CCCCC1. The van der Waals surface area contributed by atoms with Crippen molar-refractivity contribution >= 4 is 5.91 Å². The summed E-state index contributed by atoms with van der Waals surface area (Å²) in [5, 5.41) is 0. The first-order valence-corrected chi connectivity index (χ1v) is 8.20. The van der Waals surface area contributed by atoms with Crippen LogP contribution in [0.1, 0.15) is 71.1 Å². The molecule has 1 saturated heterocycles. The fourth-order valence-corrected chi connectivity index (χ4v) is 2.55. The van der Waals surface area contributed by atoms with E-state index >= 15 is 0 Å². The van der Waals surface area contributed by atoms with Crippen LogP contribution in [0.2, 0.25) is 0 Å². The molecule has 1 aliphatic heterocycles. The topological polar surface area (TPSA) is 29.5 Å². The quantitative estimate of drug-likeness (QED) is 0.565. The summed E-state index contributed by atoms with van der Waals surface area (Å²) < 4.78 is 5.55. The number of piperidine rings is 1. The molecule has 0 unspecified atom stereocenters. The Morgan fingerprint density at radius 1 is 0.947 bits per heavy atom. The summed E-state index contributed by atoms with van der Waals surface area (Å²) in [6.07, 6.45) is 11.9. The van der Waals surface area contributed by atoms with Crippen LogP contribution in [0.5, 0.6) is 0 Å². The van der Waals surface area contributed by atoms with E-state index in [-0.39, 0.29) is 5.91 Å². The Bertz CT molecular complexity index is 225. The van der Waals surface area contributed by atoms with Crippen molar-refractivity contribution in [3.63, 3.8) is 0 Å². The van der Waals surface area contributed by atoms with Gasteiger partial charge in [-0.25, -0.2) is 0 Å². The van der Waals surface area contributed by atoms with Crippen LogP contribution in [-0.4, -0.2) is 37.1 Å². The molecule has 19 heavy (non-hydrogen) atoms. The third-order valence-electron chi connectivity index (χ3n) is 3.81. The molecule has 3 nitrogen and oxygen atoms in total. The fourth-order valence-electron chi connectivity index (χ4n) is 2.55. The van der Waals surface area contributed by atoms with Crippen LogP contribution >= 0.6 is 0 Å². The molecule has 1 amide bonds. The van der Waals surface area contributed by atoms with Gasteiger partial charge in [0.2, 0.25) is 5.91 Å². The molecule has 0 aromatic heterocycles. The van der Waals surface area contributed by atoms with Crippen LogP contribution in [0.25, 0.3) is 0 Å². The van der Waals surface area contributed by atoms with Crippen molar-refractivity contribution in [2.24, 2.45) is 0 Å². The first-order valence-electron chi connectivity index (χ1n) is 8.20. The minimum Gasteiger partial charge on any atom is -0.381 e. The molecule has 0 spiro atoms. The average Bonchev–Trinajstić information content (AvgIpc) is 2.46. The molecule has 0 atom stereocenters. The van der Waals surface area contributed by atoms with Crippen molar-refractivity contribution < 1.29 is 9.53 Å². The van der Waals surface area contributed by atoms with Crippen LogP contribution in [0.15, 0.2) is 0 Å². The van der Waals surface area contributed by atoms with Crippen molar-refractivity contribution in [1.29, 1.82) is 0 Å². The third-order valence-corrected chi connectivity index (χ3v) is 3.81. The van der Waals surface area contributed by atoms with Crippen molar-refractivity contribution in [1.82, 2.24) is 4.90 Å². The maximum Gasteiger partial charge on any atom is 0.224 e. The fraction of sp³-hybridized carbons (Fsp3) is 0.938. The van der Waals surface area contributed by atoms with Crippen LogP contribution < -0.4 is 0 Å². The second kappa shape index (κ2) is 11.3. The van der Waals surface area contributed by atoms with Crippen LogP contribution in [0, 0.1) is 0 Å². The van der Waals surface area contributed by atoms with Crippen LogP contribution in [0.3, 0.4) is 0 Å². The Balaban J connectivity index is 1.86. The lowest BCUT2D eigenvalue weighted by Crippen LogP contribution is -2.36. The molecular formula is C16H31NO2. The zero-order valence-corrected chi connectivity index (χ0v) is 12.7. The lowest BCUT2D eigenvalue weighted by molar-refractivity contribution is -0.133. The van der Waals surface area contributed by atoms with Gasteiger partial charge in [0.15, 0.2) is 0 Å². The van der Waals surface area contributed by atoms with E-state index in [0.717, 1.165) is 26.1 Å². The number of nitrogens with zero attached hydrogens (tertiary/aromatic N) is 1. The summed E-state index contributed by atoms with van der Waals surface area (Å²) in [7, 11) is 0. The zero-order valence-electron chi connectivity index (χ0n) is 12.7. The summed E-state index contributed by atoms with van der Waals surface area (Å²) in [5.41, 5.74) is 0. The summed E-state index contributed by atoms with van der Waals surface area (Å²) in [4.78, 5) is 13.8. The van der Waals surface area contributed by atoms with Gasteiger partial charge in [-0.3, -0.25) is 4.79 Å². The van der Waals surface area contributed by atoms with E-state index in [4.69, 9.17) is 4.74 Å². The van der Waals surface area contributed by atoms with E-state index in [2.05, 4.69) is 6.92 Å². The smallest absolute Gasteiger partial charge is 0.224 e. The van der Waals surface area contributed by atoms with Crippen molar-refractivity contribution in [2.75, 3.05) is 26.3 Å². The first kappa shape index (κ1) is 16.5. The highest BCUT2D eigenvalue weighted by atomic mass is 16.5. The van der Waals surface area contributed by atoms with Crippen LogP contribution in [-0.2, 0) is 9.53 Å². The number of unbranched alkanes of at least 4 members (excludes halogenated alkanes) is 5. The van der Waals surface area contributed by atoms with Gasteiger partial charge in [0.25, 0.3) is 0 Å². The largest absolute Gasteiger partial charge is 0.381 e. The molecular weight excluding hydrogens is 238 g/mol. The van der Waals surface area contributed by atoms with Gasteiger partial charge in [-0.05, 0) is 25.7 Å². The Labute approximate surface area is 118 Å². The average molecular weight is 269 g/mol. The number of hydrogen-bond donors (Lipinski definition) is 0. The minimum atomic E-state index is 0.280. The molecule has 112 valence electrons. The summed E-state index contributed by atoms with van der Waals surface area (Å²) in [6.45, 7) is 5.57. The second-order valence-corrected chi connectivity index (χ2v) is 5.57. The molecule has 0 aromatic carbocycles.